The van der Waals surface area contributed by atoms with Crippen molar-refractivity contribution in [2.45, 2.75) is 26.9 Å². The number of carboxylic acid groups (broad SMARTS) is 1. The Kier molecular flexibility index (Phi) is 5.40. The lowest BCUT2D eigenvalue weighted by Crippen LogP contribution is -2.47. The fourth-order valence-electron chi connectivity index (χ4n) is 0.879. The van der Waals surface area contributed by atoms with Crippen molar-refractivity contribution < 1.29 is 24.9 Å². The maximum Gasteiger partial charge on any atom is 0.308 e. The lowest BCUT2D eigenvalue weighted by atomic mass is 9.87. The predicted molar refractivity (Wildman–Crippen MR) is 56.7 cm³/mol. The molecule has 0 aromatic heterocycles. The van der Waals surface area contributed by atoms with Crippen LogP contribution in [0.15, 0.2) is 0 Å². The standard InChI is InChI=1S/C10H19NO5/c1-6(9(15)16)4-11-8(14)7(13)10(2,3)5-12/h6-7,12-13H,4-5H2,1-3H3,(H,11,14)(H,15,16)/t6?,7-/m0/s1. The van der Waals surface area contributed by atoms with Crippen LogP contribution in [0, 0.1) is 11.3 Å². The topological polar surface area (TPSA) is 107 Å². The van der Waals surface area contributed by atoms with Gasteiger partial charge in [-0.2, -0.15) is 0 Å². The number of hydrogen-bond donors (Lipinski definition) is 4. The quantitative estimate of drug-likeness (QED) is 0.480. The van der Waals surface area contributed by atoms with Crippen molar-refractivity contribution >= 4 is 11.9 Å². The minimum Gasteiger partial charge on any atom is -0.481 e. The molecule has 0 aliphatic heterocycles. The molecular formula is C10H19NO5. The Balaban J connectivity index is 4.22. The lowest BCUT2D eigenvalue weighted by molar-refractivity contribution is -0.142. The van der Waals surface area contributed by atoms with Gasteiger partial charge in [0.25, 0.3) is 0 Å². The largest absolute Gasteiger partial charge is 0.481 e. The SMILES string of the molecule is CC(CNC(=O)[C@H](O)C(C)(C)CO)C(=O)O. The number of carbonyl (C=O) groups is 2. The molecule has 0 rings (SSSR count). The zero-order valence-electron chi connectivity index (χ0n) is 9.73. The third kappa shape index (κ3) is 4.16. The van der Waals surface area contributed by atoms with Gasteiger partial charge in [0, 0.05) is 12.0 Å². The maximum atomic E-state index is 11.4. The Hall–Kier alpha value is -1.14. The minimum absolute atomic E-state index is 0.0489. The van der Waals surface area contributed by atoms with Gasteiger partial charge in [0.15, 0.2) is 0 Å². The van der Waals surface area contributed by atoms with Crippen molar-refractivity contribution in [2.24, 2.45) is 11.3 Å². The smallest absolute Gasteiger partial charge is 0.308 e. The summed E-state index contributed by atoms with van der Waals surface area (Å²) >= 11 is 0. The van der Waals surface area contributed by atoms with Crippen LogP contribution in [0.1, 0.15) is 20.8 Å². The molecule has 6 heteroatoms. The van der Waals surface area contributed by atoms with E-state index in [2.05, 4.69) is 5.32 Å². The molecular weight excluding hydrogens is 214 g/mol. The Morgan fingerprint density at radius 2 is 1.88 bits per heavy atom. The van der Waals surface area contributed by atoms with E-state index in [4.69, 9.17) is 10.2 Å². The Labute approximate surface area is 94.3 Å². The number of amides is 1. The molecule has 4 N–H and O–H groups in total. The number of aliphatic carboxylic acids is 1. The van der Waals surface area contributed by atoms with E-state index in [1.807, 2.05) is 0 Å². The number of rotatable bonds is 6. The first-order valence-electron chi connectivity index (χ1n) is 5.02. The fraction of sp³-hybridized carbons (Fsp3) is 0.800. The van der Waals surface area contributed by atoms with E-state index in [0.717, 1.165) is 0 Å². The highest BCUT2D eigenvalue weighted by Crippen LogP contribution is 2.19. The lowest BCUT2D eigenvalue weighted by Gasteiger charge is -2.27. The van der Waals surface area contributed by atoms with E-state index in [1.54, 1.807) is 0 Å². The van der Waals surface area contributed by atoms with Crippen LogP contribution in [0.5, 0.6) is 0 Å². The highest BCUT2D eigenvalue weighted by Gasteiger charge is 2.33. The molecule has 6 nitrogen and oxygen atoms in total. The van der Waals surface area contributed by atoms with Gasteiger partial charge in [-0.25, -0.2) is 0 Å². The van der Waals surface area contributed by atoms with Crippen LogP contribution in [0.25, 0.3) is 0 Å². The average molecular weight is 233 g/mol. The molecule has 0 bridgehead atoms. The normalized spacial score (nSPS) is 15.3. The van der Waals surface area contributed by atoms with E-state index in [1.165, 1.54) is 20.8 Å². The highest BCUT2D eigenvalue weighted by atomic mass is 16.4. The molecule has 2 atom stereocenters. The summed E-state index contributed by atoms with van der Waals surface area (Å²) in [6, 6.07) is 0. The maximum absolute atomic E-state index is 11.4. The summed E-state index contributed by atoms with van der Waals surface area (Å²) in [4.78, 5) is 21.9. The van der Waals surface area contributed by atoms with Gasteiger partial charge in [-0.3, -0.25) is 9.59 Å². The molecule has 1 unspecified atom stereocenters. The summed E-state index contributed by atoms with van der Waals surface area (Å²) in [6.45, 7) is 4.14. The first-order chi connectivity index (χ1) is 7.22. The summed E-state index contributed by atoms with van der Waals surface area (Å²) in [5.74, 6) is -2.41. The molecule has 0 aromatic carbocycles. The fourth-order valence-corrected chi connectivity index (χ4v) is 0.879. The molecule has 0 aromatic rings. The van der Waals surface area contributed by atoms with Gasteiger partial charge in [-0.1, -0.05) is 20.8 Å². The van der Waals surface area contributed by atoms with Gasteiger partial charge < -0.3 is 20.6 Å². The Bertz CT molecular complexity index is 264. The number of nitrogens with one attached hydrogen (secondary N) is 1. The van der Waals surface area contributed by atoms with E-state index in [-0.39, 0.29) is 13.2 Å². The summed E-state index contributed by atoms with van der Waals surface area (Å²) in [5.41, 5.74) is -0.948. The summed E-state index contributed by atoms with van der Waals surface area (Å²) in [7, 11) is 0. The van der Waals surface area contributed by atoms with Gasteiger partial charge >= 0.3 is 5.97 Å². The summed E-state index contributed by atoms with van der Waals surface area (Å²) in [5, 5.41) is 29.4. The minimum atomic E-state index is -1.36. The highest BCUT2D eigenvalue weighted by molar-refractivity contribution is 5.82. The van der Waals surface area contributed by atoms with Crippen LogP contribution in [-0.4, -0.2) is 46.5 Å². The molecule has 0 saturated heterocycles. The molecule has 94 valence electrons. The van der Waals surface area contributed by atoms with Gasteiger partial charge in [0.1, 0.15) is 6.10 Å². The van der Waals surface area contributed by atoms with Crippen molar-refractivity contribution in [2.75, 3.05) is 13.2 Å². The summed E-state index contributed by atoms with van der Waals surface area (Å²) in [6.07, 6.45) is -1.36. The molecule has 0 aliphatic carbocycles. The van der Waals surface area contributed by atoms with Crippen LogP contribution < -0.4 is 5.32 Å². The Morgan fingerprint density at radius 1 is 1.38 bits per heavy atom. The van der Waals surface area contributed by atoms with Crippen molar-refractivity contribution in [3.8, 4) is 0 Å². The van der Waals surface area contributed by atoms with Crippen LogP contribution in [0.3, 0.4) is 0 Å². The molecule has 16 heavy (non-hydrogen) atoms. The first-order valence-corrected chi connectivity index (χ1v) is 5.02. The number of aliphatic hydroxyl groups is 2. The second kappa shape index (κ2) is 5.81. The van der Waals surface area contributed by atoms with E-state index < -0.39 is 29.3 Å². The van der Waals surface area contributed by atoms with Crippen LogP contribution >= 0.6 is 0 Å². The number of carboxylic acids is 1. The molecule has 0 spiro atoms. The zero-order valence-corrected chi connectivity index (χ0v) is 9.73. The van der Waals surface area contributed by atoms with Crippen molar-refractivity contribution in [3.05, 3.63) is 0 Å². The van der Waals surface area contributed by atoms with Gasteiger partial charge in [0.2, 0.25) is 5.91 Å². The number of carbonyl (C=O) groups excluding carboxylic acids is 1. The van der Waals surface area contributed by atoms with E-state index in [9.17, 15) is 14.7 Å². The predicted octanol–water partition coefficient (Wildman–Crippen LogP) is -0.797. The van der Waals surface area contributed by atoms with Gasteiger partial charge in [-0.05, 0) is 0 Å². The average Bonchev–Trinajstić information content (AvgIpc) is 2.23. The van der Waals surface area contributed by atoms with Crippen molar-refractivity contribution in [1.82, 2.24) is 5.32 Å². The van der Waals surface area contributed by atoms with Gasteiger partial charge in [0.05, 0.1) is 12.5 Å². The third-order valence-electron chi connectivity index (χ3n) is 2.40. The number of hydrogen-bond acceptors (Lipinski definition) is 4. The Morgan fingerprint density at radius 3 is 2.25 bits per heavy atom. The molecule has 0 aliphatic rings. The molecule has 0 radical (unpaired) electrons. The number of aliphatic hydroxyl groups excluding tert-OH is 2. The molecule has 0 saturated carbocycles. The van der Waals surface area contributed by atoms with E-state index in [0.29, 0.717) is 0 Å². The monoisotopic (exact) mass is 233 g/mol. The summed E-state index contributed by atoms with van der Waals surface area (Å²) < 4.78 is 0. The second-order valence-corrected chi connectivity index (χ2v) is 4.53. The van der Waals surface area contributed by atoms with E-state index >= 15 is 0 Å². The zero-order chi connectivity index (χ0) is 12.9. The molecule has 1 amide bonds. The van der Waals surface area contributed by atoms with Crippen LogP contribution in [0.2, 0.25) is 0 Å². The van der Waals surface area contributed by atoms with Crippen LogP contribution in [-0.2, 0) is 9.59 Å². The van der Waals surface area contributed by atoms with Crippen molar-refractivity contribution in [3.63, 3.8) is 0 Å². The third-order valence-corrected chi connectivity index (χ3v) is 2.40. The molecule has 0 heterocycles. The first kappa shape index (κ1) is 14.9. The molecule has 0 fully saturated rings. The second-order valence-electron chi connectivity index (χ2n) is 4.53. The van der Waals surface area contributed by atoms with Gasteiger partial charge in [-0.15, -0.1) is 0 Å². The van der Waals surface area contributed by atoms with Crippen molar-refractivity contribution in [1.29, 1.82) is 0 Å². The van der Waals surface area contributed by atoms with Crippen LogP contribution in [0.4, 0.5) is 0 Å².